The van der Waals surface area contributed by atoms with Crippen LogP contribution >= 0.6 is 11.6 Å². The van der Waals surface area contributed by atoms with Gasteiger partial charge in [0.15, 0.2) is 0 Å². The molecule has 0 spiro atoms. The average molecular weight is 401 g/mol. The van der Waals surface area contributed by atoms with Crippen LogP contribution in [0.25, 0.3) is 0 Å². The summed E-state index contributed by atoms with van der Waals surface area (Å²) in [4.78, 5) is 14.9. The third-order valence-corrected chi connectivity index (χ3v) is 5.46. The van der Waals surface area contributed by atoms with Crippen molar-refractivity contribution >= 4 is 17.7 Å². The Morgan fingerprint density at radius 1 is 1.18 bits per heavy atom. The number of alkyl carbamates (subject to hydrolysis) is 1. The van der Waals surface area contributed by atoms with Crippen molar-refractivity contribution in [2.75, 3.05) is 13.1 Å². The second kappa shape index (κ2) is 8.14. The number of carbonyl (C=O) groups is 1. The van der Waals surface area contributed by atoms with Crippen LogP contribution in [0.5, 0.6) is 0 Å². The van der Waals surface area contributed by atoms with Gasteiger partial charge in [0.1, 0.15) is 5.60 Å². The Morgan fingerprint density at radius 2 is 1.82 bits per heavy atom. The lowest BCUT2D eigenvalue weighted by Gasteiger charge is -2.32. The van der Waals surface area contributed by atoms with E-state index in [0.717, 1.165) is 25.2 Å². The molecule has 0 saturated carbocycles. The third kappa shape index (κ3) is 5.06. The van der Waals surface area contributed by atoms with Gasteiger partial charge in [-0.1, -0.05) is 61.0 Å². The minimum atomic E-state index is -0.525. The maximum Gasteiger partial charge on any atom is 0.407 e. The molecule has 5 heteroatoms. The highest BCUT2D eigenvalue weighted by Gasteiger charge is 2.45. The number of nitrogens with zero attached hydrogens (tertiary/aromatic N) is 1. The maximum absolute atomic E-state index is 12.5. The molecule has 1 saturated heterocycles. The van der Waals surface area contributed by atoms with E-state index in [2.05, 4.69) is 53.5 Å². The van der Waals surface area contributed by atoms with E-state index in [1.807, 2.05) is 39.0 Å². The first kappa shape index (κ1) is 20.7. The van der Waals surface area contributed by atoms with Gasteiger partial charge < -0.3 is 10.1 Å². The Kier molecular flexibility index (Phi) is 6.01. The lowest BCUT2D eigenvalue weighted by atomic mass is 9.78. The van der Waals surface area contributed by atoms with Crippen LogP contribution in [0.1, 0.15) is 38.8 Å². The van der Waals surface area contributed by atoms with Gasteiger partial charge >= 0.3 is 6.09 Å². The Hall–Kier alpha value is -2.04. The minimum absolute atomic E-state index is 0.0627. The molecule has 2 aromatic rings. The Labute approximate surface area is 172 Å². The summed E-state index contributed by atoms with van der Waals surface area (Å²) < 4.78 is 5.51. The van der Waals surface area contributed by atoms with E-state index >= 15 is 0 Å². The van der Waals surface area contributed by atoms with Gasteiger partial charge in [-0.15, -0.1) is 0 Å². The lowest BCUT2D eigenvalue weighted by molar-refractivity contribution is 0.0491. The van der Waals surface area contributed by atoms with E-state index in [9.17, 15) is 4.79 Å². The monoisotopic (exact) mass is 400 g/mol. The van der Waals surface area contributed by atoms with E-state index in [1.165, 1.54) is 5.56 Å². The number of carbonyl (C=O) groups excluding carboxylic acids is 1. The second-order valence-electron chi connectivity index (χ2n) is 8.78. The topological polar surface area (TPSA) is 41.6 Å². The molecule has 0 bridgehead atoms. The van der Waals surface area contributed by atoms with Crippen molar-refractivity contribution in [2.45, 2.75) is 51.3 Å². The molecule has 1 heterocycles. The molecule has 1 amide bonds. The normalized spacial score (nSPS) is 22.8. The number of hydrogen-bond donors (Lipinski definition) is 1. The third-order valence-electron chi connectivity index (χ3n) is 5.21. The molecule has 1 N–H and O–H groups in total. The Morgan fingerprint density at radius 3 is 2.43 bits per heavy atom. The van der Waals surface area contributed by atoms with E-state index in [0.29, 0.717) is 5.02 Å². The highest BCUT2D eigenvalue weighted by molar-refractivity contribution is 6.30. The highest BCUT2D eigenvalue weighted by atomic mass is 35.5. The number of hydrogen-bond acceptors (Lipinski definition) is 3. The van der Waals surface area contributed by atoms with Gasteiger partial charge in [0.25, 0.3) is 0 Å². The predicted octanol–water partition coefficient (Wildman–Crippen LogP) is 5.01. The average Bonchev–Trinajstić information content (AvgIpc) is 2.91. The molecule has 0 aromatic heterocycles. The number of benzene rings is 2. The number of halogens is 1. The molecule has 2 atom stereocenters. The first-order valence-corrected chi connectivity index (χ1v) is 10.1. The molecule has 0 aliphatic carbocycles. The first-order chi connectivity index (χ1) is 13.2. The van der Waals surface area contributed by atoms with Crippen molar-refractivity contribution in [1.82, 2.24) is 10.2 Å². The molecule has 1 aliphatic heterocycles. The summed E-state index contributed by atoms with van der Waals surface area (Å²) in [6.45, 7) is 10.3. The number of rotatable bonds is 4. The molecule has 150 valence electrons. The first-order valence-electron chi connectivity index (χ1n) is 9.67. The number of amides is 1. The Balaban J connectivity index is 1.82. The van der Waals surface area contributed by atoms with Crippen molar-refractivity contribution in [3.8, 4) is 0 Å². The molecule has 4 nitrogen and oxygen atoms in total. The summed E-state index contributed by atoms with van der Waals surface area (Å²) >= 11 is 6.09. The van der Waals surface area contributed by atoms with Gasteiger partial charge in [0, 0.05) is 30.1 Å². The van der Waals surface area contributed by atoms with Crippen LogP contribution in [-0.2, 0) is 16.7 Å². The quantitative estimate of drug-likeness (QED) is 0.784. The van der Waals surface area contributed by atoms with E-state index in [4.69, 9.17) is 16.3 Å². The fraction of sp³-hybridized carbons (Fsp3) is 0.435. The van der Waals surface area contributed by atoms with Crippen LogP contribution in [0.2, 0.25) is 5.02 Å². The van der Waals surface area contributed by atoms with Crippen molar-refractivity contribution < 1.29 is 9.53 Å². The Bertz CT molecular complexity index is 802. The molecule has 28 heavy (non-hydrogen) atoms. The van der Waals surface area contributed by atoms with E-state index in [-0.39, 0.29) is 17.6 Å². The van der Waals surface area contributed by atoms with Crippen LogP contribution in [0.3, 0.4) is 0 Å². The lowest BCUT2D eigenvalue weighted by Crippen LogP contribution is -2.49. The minimum Gasteiger partial charge on any atom is -0.444 e. The van der Waals surface area contributed by atoms with Gasteiger partial charge in [-0.2, -0.15) is 0 Å². The van der Waals surface area contributed by atoms with Crippen LogP contribution in [-0.4, -0.2) is 35.7 Å². The molecular weight excluding hydrogens is 372 g/mol. The summed E-state index contributed by atoms with van der Waals surface area (Å²) in [7, 11) is 0. The smallest absolute Gasteiger partial charge is 0.407 e. The van der Waals surface area contributed by atoms with Gasteiger partial charge in [0.05, 0.1) is 6.04 Å². The van der Waals surface area contributed by atoms with Gasteiger partial charge in [-0.3, -0.25) is 4.90 Å². The summed E-state index contributed by atoms with van der Waals surface area (Å²) in [5, 5.41) is 3.83. The highest BCUT2D eigenvalue weighted by Crippen LogP contribution is 2.36. The van der Waals surface area contributed by atoms with E-state index < -0.39 is 5.60 Å². The molecule has 1 aliphatic rings. The molecule has 0 radical (unpaired) electrons. The van der Waals surface area contributed by atoms with Gasteiger partial charge in [0.2, 0.25) is 0 Å². The summed E-state index contributed by atoms with van der Waals surface area (Å²) in [6, 6.07) is 18.3. The SMILES string of the molecule is CC(C)(C)OC(=O)N[C@@H]1CN(Cc2ccccc2)C[C@@]1(C)c1ccc(Cl)cc1. The summed E-state index contributed by atoms with van der Waals surface area (Å²) in [5.41, 5.74) is 1.66. The molecule has 3 rings (SSSR count). The summed E-state index contributed by atoms with van der Waals surface area (Å²) in [6.07, 6.45) is -0.376. The predicted molar refractivity (Wildman–Crippen MR) is 114 cm³/mol. The summed E-state index contributed by atoms with van der Waals surface area (Å²) in [5.74, 6) is 0. The maximum atomic E-state index is 12.5. The van der Waals surface area contributed by atoms with E-state index in [1.54, 1.807) is 0 Å². The standard InChI is InChI=1S/C23H29ClN2O2/c1-22(2,3)28-21(27)25-20-15-26(14-17-8-6-5-7-9-17)16-23(20,4)18-10-12-19(24)13-11-18/h5-13,20H,14-16H2,1-4H3,(H,25,27)/t20-,23+/m1/s1. The zero-order valence-electron chi connectivity index (χ0n) is 17.0. The van der Waals surface area contributed by atoms with Crippen LogP contribution in [0.4, 0.5) is 4.79 Å². The van der Waals surface area contributed by atoms with Crippen molar-refractivity contribution in [1.29, 1.82) is 0 Å². The fourth-order valence-corrected chi connectivity index (χ4v) is 3.96. The largest absolute Gasteiger partial charge is 0.444 e. The molecule has 1 fully saturated rings. The van der Waals surface area contributed by atoms with Crippen LogP contribution in [0, 0.1) is 0 Å². The number of nitrogens with one attached hydrogen (secondary N) is 1. The van der Waals surface area contributed by atoms with Crippen molar-refractivity contribution in [3.63, 3.8) is 0 Å². The number of likely N-dealkylation sites (tertiary alicyclic amines) is 1. The fourth-order valence-electron chi connectivity index (χ4n) is 3.84. The van der Waals surface area contributed by atoms with Crippen LogP contribution < -0.4 is 5.32 Å². The zero-order valence-corrected chi connectivity index (χ0v) is 17.8. The van der Waals surface area contributed by atoms with Gasteiger partial charge in [-0.25, -0.2) is 4.79 Å². The van der Waals surface area contributed by atoms with Crippen molar-refractivity contribution in [2.24, 2.45) is 0 Å². The zero-order chi connectivity index (χ0) is 20.4. The number of ether oxygens (including phenoxy) is 1. The molecule has 0 unspecified atom stereocenters. The second-order valence-corrected chi connectivity index (χ2v) is 9.21. The molecule has 2 aromatic carbocycles. The van der Waals surface area contributed by atoms with Crippen LogP contribution in [0.15, 0.2) is 54.6 Å². The molecular formula is C23H29ClN2O2. The van der Waals surface area contributed by atoms with Crippen molar-refractivity contribution in [3.05, 3.63) is 70.7 Å². The van der Waals surface area contributed by atoms with Gasteiger partial charge in [-0.05, 0) is 44.0 Å².